The van der Waals surface area contributed by atoms with E-state index in [2.05, 4.69) is 0 Å². The summed E-state index contributed by atoms with van der Waals surface area (Å²) in [6.07, 6.45) is 1.61. The molecule has 118 valence electrons. The Hall–Kier alpha value is -1.11. The van der Waals surface area contributed by atoms with E-state index in [0.29, 0.717) is 3.57 Å². The third kappa shape index (κ3) is 3.29. The summed E-state index contributed by atoms with van der Waals surface area (Å²) in [6, 6.07) is 10.0. The third-order valence-corrected chi connectivity index (χ3v) is 4.18. The van der Waals surface area contributed by atoms with Gasteiger partial charge in [-0.05, 0) is 46.7 Å². The maximum Gasteiger partial charge on any atom is 0.339 e. The van der Waals surface area contributed by atoms with Crippen molar-refractivity contribution in [3.05, 3.63) is 68.8 Å². The van der Waals surface area contributed by atoms with Gasteiger partial charge in [-0.2, -0.15) is 17.6 Å². The molecule has 0 saturated carbocycles. The molecule has 2 rings (SSSR count). The lowest BCUT2D eigenvalue weighted by Crippen LogP contribution is -2.35. The third-order valence-electron chi connectivity index (χ3n) is 3.46. The molecule has 0 amide bonds. The summed E-state index contributed by atoms with van der Waals surface area (Å²) in [4.78, 5) is 0. The van der Waals surface area contributed by atoms with Crippen molar-refractivity contribution >= 4 is 22.6 Å². The molecular weight excluding hydrogens is 407 g/mol. The minimum Gasteiger partial charge on any atom is -0.194 e. The highest BCUT2D eigenvalue weighted by Crippen LogP contribution is 2.49. The highest BCUT2D eigenvalue weighted by molar-refractivity contribution is 14.1. The number of halogens is 5. The van der Waals surface area contributed by atoms with E-state index in [1.807, 2.05) is 29.5 Å². The summed E-state index contributed by atoms with van der Waals surface area (Å²) in [5.74, 6) is -8.52. The first-order chi connectivity index (χ1) is 10.3. The van der Waals surface area contributed by atoms with Crippen LogP contribution in [0.25, 0.3) is 0 Å². The molecule has 5 heteroatoms. The smallest absolute Gasteiger partial charge is 0.194 e. The largest absolute Gasteiger partial charge is 0.339 e. The van der Waals surface area contributed by atoms with Crippen LogP contribution < -0.4 is 0 Å². The highest BCUT2D eigenvalue weighted by atomic mass is 127. The zero-order valence-corrected chi connectivity index (χ0v) is 14.1. The number of alkyl halides is 4. The molecule has 0 atom stereocenters. The van der Waals surface area contributed by atoms with Gasteiger partial charge in [-0.1, -0.05) is 49.7 Å². The maximum atomic E-state index is 14.3. The summed E-state index contributed by atoms with van der Waals surface area (Å²) in [5.41, 5.74) is -0.494. The number of aryl methyl sites for hydroxylation is 1. The van der Waals surface area contributed by atoms with E-state index < -0.39 is 23.0 Å². The molecule has 0 saturated heterocycles. The first-order valence-corrected chi connectivity index (χ1v) is 7.98. The molecule has 0 spiro atoms. The van der Waals surface area contributed by atoms with Crippen molar-refractivity contribution in [3.63, 3.8) is 0 Å². The summed E-state index contributed by atoms with van der Waals surface area (Å²) in [5, 5.41) is 0. The van der Waals surface area contributed by atoms with Crippen LogP contribution in [0.3, 0.4) is 0 Å². The van der Waals surface area contributed by atoms with Crippen LogP contribution in [0.5, 0.6) is 0 Å². The molecule has 0 radical (unpaired) electrons. The van der Waals surface area contributed by atoms with Crippen LogP contribution in [-0.2, 0) is 18.3 Å². The Balaban J connectivity index is 2.36. The normalized spacial score (nSPS) is 12.5. The molecule has 0 unspecified atom stereocenters. The van der Waals surface area contributed by atoms with Crippen molar-refractivity contribution in [2.45, 2.75) is 31.6 Å². The molecule has 0 nitrogen and oxygen atoms in total. The zero-order valence-electron chi connectivity index (χ0n) is 11.9. The van der Waals surface area contributed by atoms with Crippen LogP contribution in [0.15, 0.2) is 48.5 Å². The van der Waals surface area contributed by atoms with Crippen molar-refractivity contribution in [3.8, 4) is 0 Å². The molecule has 0 aliphatic carbocycles. The lowest BCUT2D eigenvalue weighted by atomic mass is 9.95. The summed E-state index contributed by atoms with van der Waals surface area (Å²) in [7, 11) is 0. The molecular formula is C17H15F4I. The van der Waals surface area contributed by atoms with Crippen molar-refractivity contribution in [2.24, 2.45) is 0 Å². The molecule has 0 aliphatic heterocycles. The second-order valence-corrected chi connectivity index (χ2v) is 6.35. The highest BCUT2D eigenvalue weighted by Gasteiger charge is 2.58. The molecule has 0 bridgehead atoms. The molecule has 0 aliphatic rings. The fourth-order valence-electron chi connectivity index (χ4n) is 2.19. The minimum atomic E-state index is -4.26. The van der Waals surface area contributed by atoms with E-state index in [4.69, 9.17) is 0 Å². The van der Waals surface area contributed by atoms with Gasteiger partial charge in [-0.15, -0.1) is 0 Å². The van der Waals surface area contributed by atoms with Gasteiger partial charge in [0.05, 0.1) is 0 Å². The second-order valence-electron chi connectivity index (χ2n) is 5.10. The van der Waals surface area contributed by atoms with E-state index in [9.17, 15) is 17.6 Å². The van der Waals surface area contributed by atoms with Gasteiger partial charge in [-0.3, -0.25) is 0 Å². The molecule has 22 heavy (non-hydrogen) atoms. The van der Waals surface area contributed by atoms with Crippen molar-refractivity contribution in [1.82, 2.24) is 0 Å². The summed E-state index contributed by atoms with van der Waals surface area (Å²) < 4.78 is 57.8. The minimum absolute atomic E-state index is 0.670. The SMILES string of the molecule is CCCc1ccc(C(F)(F)C(F)(F)c2ccc(I)cc2)cc1. The van der Waals surface area contributed by atoms with Crippen LogP contribution in [0.2, 0.25) is 0 Å². The zero-order chi connectivity index (χ0) is 16.4. The van der Waals surface area contributed by atoms with Crippen LogP contribution in [0.1, 0.15) is 30.0 Å². The molecule has 2 aromatic rings. The van der Waals surface area contributed by atoms with Crippen molar-refractivity contribution < 1.29 is 17.6 Å². The van der Waals surface area contributed by atoms with Gasteiger partial charge in [0.1, 0.15) is 0 Å². The Morgan fingerprint density at radius 2 is 1.18 bits per heavy atom. The fourth-order valence-corrected chi connectivity index (χ4v) is 2.55. The first-order valence-electron chi connectivity index (χ1n) is 6.90. The van der Waals surface area contributed by atoms with E-state index in [-0.39, 0.29) is 0 Å². The lowest BCUT2D eigenvalue weighted by molar-refractivity contribution is -0.223. The number of benzene rings is 2. The molecule has 0 aromatic heterocycles. The van der Waals surface area contributed by atoms with Gasteiger partial charge >= 0.3 is 11.8 Å². The Morgan fingerprint density at radius 1 is 0.773 bits per heavy atom. The second kappa shape index (κ2) is 6.56. The van der Waals surface area contributed by atoms with Gasteiger partial charge < -0.3 is 0 Å². The number of hydrogen-bond acceptors (Lipinski definition) is 0. The number of hydrogen-bond donors (Lipinski definition) is 0. The Morgan fingerprint density at radius 3 is 1.59 bits per heavy atom. The predicted octanol–water partition coefficient (Wildman–Crippen LogP) is 6.13. The van der Waals surface area contributed by atoms with Gasteiger partial charge in [0, 0.05) is 14.7 Å². The standard InChI is InChI=1S/C17H15F4I/c1-2-3-12-4-6-13(7-5-12)16(18,19)17(20,21)14-8-10-15(22)11-9-14/h4-11H,2-3H2,1H3. The average Bonchev–Trinajstić information content (AvgIpc) is 2.48. The van der Waals surface area contributed by atoms with Gasteiger partial charge in [0.2, 0.25) is 0 Å². The van der Waals surface area contributed by atoms with Crippen molar-refractivity contribution in [2.75, 3.05) is 0 Å². The monoisotopic (exact) mass is 422 g/mol. The van der Waals surface area contributed by atoms with Gasteiger partial charge in [-0.25, -0.2) is 0 Å². The first kappa shape index (κ1) is 17.2. The predicted molar refractivity (Wildman–Crippen MR) is 87.4 cm³/mol. The van der Waals surface area contributed by atoms with E-state index >= 15 is 0 Å². The lowest BCUT2D eigenvalue weighted by Gasteiger charge is -2.27. The fraction of sp³-hybridized carbons (Fsp3) is 0.294. The van der Waals surface area contributed by atoms with E-state index in [1.165, 1.54) is 24.3 Å². The van der Waals surface area contributed by atoms with Crippen LogP contribution in [-0.4, -0.2) is 0 Å². The summed E-state index contributed by atoms with van der Waals surface area (Å²) in [6.45, 7) is 1.97. The van der Waals surface area contributed by atoms with E-state index in [1.54, 1.807) is 0 Å². The maximum absolute atomic E-state index is 14.3. The molecule has 0 fully saturated rings. The van der Waals surface area contributed by atoms with E-state index in [0.717, 1.165) is 42.7 Å². The van der Waals surface area contributed by atoms with Crippen LogP contribution in [0, 0.1) is 3.57 Å². The van der Waals surface area contributed by atoms with Crippen LogP contribution in [0.4, 0.5) is 17.6 Å². The number of rotatable bonds is 5. The Bertz CT molecular complexity index is 618. The average molecular weight is 422 g/mol. The van der Waals surface area contributed by atoms with Crippen molar-refractivity contribution in [1.29, 1.82) is 0 Å². The Labute approximate surface area is 140 Å². The van der Waals surface area contributed by atoms with Crippen LogP contribution >= 0.6 is 22.6 Å². The Kier molecular flexibility index (Phi) is 5.14. The molecule has 0 N–H and O–H groups in total. The molecule has 2 aromatic carbocycles. The van der Waals surface area contributed by atoms with Gasteiger partial charge in [0.15, 0.2) is 0 Å². The molecule has 0 heterocycles. The summed E-state index contributed by atoms with van der Waals surface area (Å²) >= 11 is 1.94. The van der Waals surface area contributed by atoms with Gasteiger partial charge in [0.25, 0.3) is 0 Å². The quantitative estimate of drug-likeness (QED) is 0.402. The topological polar surface area (TPSA) is 0 Å².